The first-order chi connectivity index (χ1) is 11.4. The van der Waals surface area contributed by atoms with Crippen LogP contribution in [-0.2, 0) is 23.9 Å². The molecule has 1 fully saturated rings. The number of rotatable bonds is 5. The summed E-state index contributed by atoms with van der Waals surface area (Å²) in [5, 5.41) is 0.221. The van der Waals surface area contributed by atoms with Crippen molar-refractivity contribution in [3.8, 4) is 0 Å². The summed E-state index contributed by atoms with van der Waals surface area (Å²) in [6, 6.07) is 7.15. The van der Waals surface area contributed by atoms with E-state index in [0.29, 0.717) is 11.1 Å². The molecule has 2 atom stereocenters. The summed E-state index contributed by atoms with van der Waals surface area (Å²) in [5.74, 6) is -2.96. The van der Waals surface area contributed by atoms with Gasteiger partial charge in [0.05, 0.1) is 18.9 Å². The van der Waals surface area contributed by atoms with E-state index >= 15 is 0 Å². The van der Waals surface area contributed by atoms with E-state index in [1.165, 1.54) is 6.92 Å². The van der Waals surface area contributed by atoms with Crippen LogP contribution in [0.1, 0.15) is 20.3 Å². The summed E-state index contributed by atoms with van der Waals surface area (Å²) < 4.78 is 13.9. The molecular formula is C16H15NO6S. The maximum atomic E-state index is 12.5. The first kappa shape index (κ1) is 16.5. The lowest BCUT2D eigenvalue weighted by molar-refractivity contribution is -0.156. The fourth-order valence-electron chi connectivity index (χ4n) is 2.50. The molecule has 2 heterocycles. The zero-order valence-electron chi connectivity index (χ0n) is 13.1. The summed E-state index contributed by atoms with van der Waals surface area (Å²) in [5.41, 5.74) is 1.20. The number of cyclic esters (lactones) is 2. The predicted molar refractivity (Wildman–Crippen MR) is 84.1 cm³/mol. The van der Waals surface area contributed by atoms with Gasteiger partial charge in [0.2, 0.25) is 0 Å². The van der Waals surface area contributed by atoms with E-state index in [2.05, 4.69) is 9.72 Å². The number of carbonyl (C=O) groups is 3. The maximum absolute atomic E-state index is 12.5. The van der Waals surface area contributed by atoms with Gasteiger partial charge in [0.15, 0.2) is 5.58 Å². The number of hydrogen-bond acceptors (Lipinski definition) is 8. The summed E-state index contributed by atoms with van der Waals surface area (Å²) >= 11 is 0.962. The van der Waals surface area contributed by atoms with Gasteiger partial charge < -0.3 is 13.9 Å². The molecule has 0 saturated carbocycles. The monoisotopic (exact) mass is 349 g/mol. The zero-order valence-corrected chi connectivity index (χ0v) is 13.9. The van der Waals surface area contributed by atoms with Crippen LogP contribution in [0.4, 0.5) is 0 Å². The van der Waals surface area contributed by atoms with Crippen molar-refractivity contribution in [3.63, 3.8) is 0 Å². The van der Waals surface area contributed by atoms with Crippen LogP contribution in [0.25, 0.3) is 11.1 Å². The Bertz CT molecular complexity index is 783. The lowest BCUT2D eigenvalue weighted by Crippen LogP contribution is -2.43. The Hall–Kier alpha value is -2.35. The molecule has 24 heavy (non-hydrogen) atoms. The number of para-hydroxylation sites is 2. The second-order valence-electron chi connectivity index (χ2n) is 5.43. The molecule has 0 N–H and O–H groups in total. The lowest BCUT2D eigenvalue weighted by atomic mass is 9.91. The minimum Gasteiger partial charge on any atom is -0.465 e. The van der Waals surface area contributed by atoms with Crippen LogP contribution in [0.3, 0.4) is 0 Å². The van der Waals surface area contributed by atoms with Crippen molar-refractivity contribution in [3.05, 3.63) is 24.3 Å². The van der Waals surface area contributed by atoms with E-state index in [-0.39, 0.29) is 18.3 Å². The fourth-order valence-corrected chi connectivity index (χ4v) is 3.60. The molecule has 8 heteroatoms. The van der Waals surface area contributed by atoms with E-state index in [4.69, 9.17) is 9.15 Å². The second kappa shape index (κ2) is 6.27. The fraction of sp³-hybridized carbons (Fsp3) is 0.375. The molecule has 7 nitrogen and oxygen atoms in total. The van der Waals surface area contributed by atoms with Crippen molar-refractivity contribution in [2.24, 2.45) is 5.92 Å². The Labute approximate surface area is 141 Å². The van der Waals surface area contributed by atoms with Gasteiger partial charge in [-0.05, 0) is 37.7 Å². The predicted octanol–water partition coefficient (Wildman–Crippen LogP) is 2.33. The number of aromatic nitrogens is 1. The Kier molecular flexibility index (Phi) is 4.31. The third-order valence-electron chi connectivity index (χ3n) is 3.79. The van der Waals surface area contributed by atoms with Crippen molar-refractivity contribution >= 4 is 40.8 Å². The molecule has 0 spiro atoms. The molecule has 1 aliphatic rings. The number of nitrogens with zero attached hydrogens (tertiary/aromatic N) is 1. The molecule has 126 valence electrons. The largest absolute Gasteiger partial charge is 0.465 e. The average Bonchev–Trinajstić information content (AvgIpc) is 3.09. The number of ether oxygens (including phenoxy) is 2. The minimum atomic E-state index is -1.37. The molecule has 0 bridgehead atoms. The summed E-state index contributed by atoms with van der Waals surface area (Å²) in [7, 11) is 0. The lowest BCUT2D eigenvalue weighted by Gasteiger charge is -2.27. The van der Waals surface area contributed by atoms with Crippen LogP contribution in [-0.4, -0.2) is 34.2 Å². The van der Waals surface area contributed by atoms with Crippen molar-refractivity contribution in [2.75, 3.05) is 6.61 Å². The molecule has 0 radical (unpaired) electrons. The van der Waals surface area contributed by atoms with Crippen LogP contribution in [0.2, 0.25) is 0 Å². The third kappa shape index (κ3) is 2.89. The number of oxazole rings is 1. The molecule has 1 saturated heterocycles. The van der Waals surface area contributed by atoms with Gasteiger partial charge in [-0.2, -0.15) is 0 Å². The number of benzene rings is 1. The summed E-state index contributed by atoms with van der Waals surface area (Å²) in [4.78, 5) is 40.2. The van der Waals surface area contributed by atoms with Gasteiger partial charge in [-0.15, -0.1) is 0 Å². The zero-order chi connectivity index (χ0) is 17.3. The Morgan fingerprint density at radius 1 is 1.42 bits per heavy atom. The van der Waals surface area contributed by atoms with Crippen LogP contribution >= 0.6 is 11.8 Å². The Balaban J connectivity index is 1.96. The molecule has 2 unspecified atom stereocenters. The van der Waals surface area contributed by atoms with Crippen molar-refractivity contribution in [1.29, 1.82) is 0 Å². The van der Waals surface area contributed by atoms with E-state index in [1.807, 2.05) is 6.07 Å². The first-order valence-electron chi connectivity index (χ1n) is 7.40. The van der Waals surface area contributed by atoms with Gasteiger partial charge in [0.25, 0.3) is 5.22 Å². The highest BCUT2D eigenvalue weighted by Gasteiger charge is 2.54. The maximum Gasteiger partial charge on any atom is 0.323 e. The molecule has 0 aliphatic carbocycles. The number of carbonyl (C=O) groups excluding carboxylic acids is 3. The highest BCUT2D eigenvalue weighted by Crippen LogP contribution is 2.44. The average molecular weight is 349 g/mol. The summed E-state index contributed by atoms with van der Waals surface area (Å²) in [6.07, 6.45) is -0.179. The third-order valence-corrected chi connectivity index (χ3v) is 5.01. The van der Waals surface area contributed by atoms with E-state index < -0.39 is 28.6 Å². The van der Waals surface area contributed by atoms with Crippen molar-refractivity contribution < 1.29 is 28.3 Å². The van der Waals surface area contributed by atoms with E-state index in [9.17, 15) is 14.4 Å². The quantitative estimate of drug-likeness (QED) is 0.461. The molecule has 2 aromatic rings. The molecule has 1 aliphatic heterocycles. The standard InChI is InChI=1S/C16H15NO6S/c1-3-21-14(20)16(2,9-8-12(18)23-13(9)19)24-15-17-10-6-4-5-7-11(10)22-15/h4-7,9H,3,8H2,1-2H3. The van der Waals surface area contributed by atoms with Crippen molar-refractivity contribution in [1.82, 2.24) is 4.98 Å². The van der Waals surface area contributed by atoms with Crippen LogP contribution in [0.15, 0.2) is 33.9 Å². The SMILES string of the molecule is CCOC(=O)C(C)(Sc1nc2ccccc2o1)C1CC(=O)OC1=O. The number of fused-ring (bicyclic) bond motifs is 1. The van der Waals surface area contributed by atoms with E-state index in [0.717, 1.165) is 11.8 Å². The minimum absolute atomic E-state index is 0.151. The normalized spacial score (nSPS) is 20.0. The van der Waals surface area contributed by atoms with Gasteiger partial charge in [-0.1, -0.05) is 12.1 Å². The molecule has 1 aromatic heterocycles. The number of hydrogen-bond donors (Lipinski definition) is 0. The molecular weight excluding hydrogens is 334 g/mol. The van der Waals surface area contributed by atoms with Crippen LogP contribution < -0.4 is 0 Å². The van der Waals surface area contributed by atoms with Gasteiger partial charge in [-0.25, -0.2) is 4.98 Å². The Morgan fingerprint density at radius 3 is 2.79 bits per heavy atom. The van der Waals surface area contributed by atoms with Crippen LogP contribution in [0, 0.1) is 5.92 Å². The molecule has 1 aromatic carbocycles. The van der Waals surface area contributed by atoms with Crippen LogP contribution in [0.5, 0.6) is 0 Å². The highest BCUT2D eigenvalue weighted by molar-refractivity contribution is 8.01. The van der Waals surface area contributed by atoms with E-state index in [1.54, 1.807) is 25.1 Å². The molecule has 3 rings (SSSR count). The van der Waals surface area contributed by atoms with Gasteiger partial charge in [0, 0.05) is 0 Å². The van der Waals surface area contributed by atoms with Gasteiger partial charge >= 0.3 is 17.9 Å². The summed E-state index contributed by atoms with van der Waals surface area (Å²) in [6.45, 7) is 3.36. The Morgan fingerprint density at radius 2 is 2.17 bits per heavy atom. The number of esters is 3. The first-order valence-corrected chi connectivity index (χ1v) is 8.22. The van der Waals surface area contributed by atoms with Gasteiger partial charge in [-0.3, -0.25) is 14.4 Å². The number of thioether (sulfide) groups is 1. The smallest absolute Gasteiger partial charge is 0.323 e. The second-order valence-corrected chi connectivity index (χ2v) is 6.83. The topological polar surface area (TPSA) is 95.7 Å². The van der Waals surface area contributed by atoms with Crippen molar-refractivity contribution in [2.45, 2.75) is 30.2 Å². The highest BCUT2D eigenvalue weighted by atomic mass is 32.2. The van der Waals surface area contributed by atoms with Gasteiger partial charge in [0.1, 0.15) is 10.3 Å². The molecule has 0 amide bonds.